The fourth-order valence-electron chi connectivity index (χ4n) is 2.04. The number of unbranched alkanes of at least 4 members (excludes halogenated alkanes) is 6. The molecule has 0 fully saturated rings. The Morgan fingerprint density at radius 2 is 1.75 bits per heavy atom. The molecule has 1 aromatic rings. The van der Waals surface area contributed by atoms with E-state index >= 15 is 0 Å². The van der Waals surface area contributed by atoms with Crippen molar-refractivity contribution >= 4 is 23.3 Å². The molecular weight excluding hydrogens is 274 g/mol. The summed E-state index contributed by atoms with van der Waals surface area (Å²) in [5.74, 6) is -0.356. The molecule has 0 aliphatic carbocycles. The Labute approximate surface area is 126 Å². The van der Waals surface area contributed by atoms with E-state index in [4.69, 9.17) is 22.1 Å². The maximum absolute atomic E-state index is 11.8. The van der Waals surface area contributed by atoms with Gasteiger partial charge in [-0.25, -0.2) is 4.79 Å². The molecule has 0 heterocycles. The van der Waals surface area contributed by atoms with E-state index in [9.17, 15) is 4.79 Å². The maximum Gasteiger partial charge on any atom is 0.338 e. The summed E-state index contributed by atoms with van der Waals surface area (Å²) in [5.41, 5.74) is 6.53. The molecule has 0 atom stereocenters. The number of nitrogens with two attached hydrogens (primary N) is 1. The van der Waals surface area contributed by atoms with Crippen LogP contribution in [0.2, 0.25) is 5.02 Å². The number of rotatable bonds is 9. The van der Waals surface area contributed by atoms with Gasteiger partial charge in [0, 0.05) is 10.7 Å². The zero-order valence-corrected chi connectivity index (χ0v) is 12.9. The van der Waals surface area contributed by atoms with Gasteiger partial charge in [-0.2, -0.15) is 0 Å². The highest BCUT2D eigenvalue weighted by Crippen LogP contribution is 2.17. The second-order valence-corrected chi connectivity index (χ2v) is 5.47. The zero-order valence-electron chi connectivity index (χ0n) is 12.2. The molecule has 0 radical (unpaired) electrons. The average Bonchev–Trinajstić information content (AvgIpc) is 2.40. The predicted molar refractivity (Wildman–Crippen MR) is 84.1 cm³/mol. The van der Waals surface area contributed by atoms with Crippen LogP contribution in [0.3, 0.4) is 0 Å². The van der Waals surface area contributed by atoms with Crippen molar-refractivity contribution in [3.05, 3.63) is 28.8 Å². The number of benzene rings is 1. The second kappa shape index (κ2) is 9.65. The molecule has 20 heavy (non-hydrogen) atoms. The first-order valence-electron chi connectivity index (χ1n) is 7.36. The van der Waals surface area contributed by atoms with Crippen LogP contribution in [-0.2, 0) is 4.74 Å². The van der Waals surface area contributed by atoms with Crippen LogP contribution in [0.1, 0.15) is 62.2 Å². The van der Waals surface area contributed by atoms with Crippen LogP contribution < -0.4 is 5.73 Å². The Balaban J connectivity index is 2.17. The number of anilines is 1. The van der Waals surface area contributed by atoms with Crippen molar-refractivity contribution in [3.8, 4) is 0 Å². The number of halogens is 1. The van der Waals surface area contributed by atoms with Crippen LogP contribution in [0, 0.1) is 0 Å². The number of carbonyl (C=O) groups is 1. The van der Waals surface area contributed by atoms with Crippen LogP contribution >= 0.6 is 11.6 Å². The van der Waals surface area contributed by atoms with E-state index in [2.05, 4.69) is 6.92 Å². The molecule has 0 saturated heterocycles. The summed E-state index contributed by atoms with van der Waals surface area (Å²) < 4.78 is 5.21. The lowest BCUT2D eigenvalue weighted by Gasteiger charge is -2.06. The van der Waals surface area contributed by atoms with E-state index in [0.29, 0.717) is 22.9 Å². The molecule has 0 aromatic heterocycles. The maximum atomic E-state index is 11.8. The van der Waals surface area contributed by atoms with Crippen LogP contribution in [0.5, 0.6) is 0 Å². The highest BCUT2D eigenvalue weighted by molar-refractivity contribution is 6.31. The lowest BCUT2D eigenvalue weighted by atomic mass is 10.1. The van der Waals surface area contributed by atoms with E-state index in [1.807, 2.05) is 0 Å². The van der Waals surface area contributed by atoms with Crippen molar-refractivity contribution in [1.82, 2.24) is 0 Å². The summed E-state index contributed by atoms with van der Waals surface area (Å²) in [7, 11) is 0. The number of nitrogen functional groups attached to an aromatic ring is 1. The topological polar surface area (TPSA) is 52.3 Å². The summed E-state index contributed by atoms with van der Waals surface area (Å²) in [5, 5.41) is 0.452. The zero-order chi connectivity index (χ0) is 14.8. The molecule has 0 amide bonds. The second-order valence-electron chi connectivity index (χ2n) is 5.03. The van der Waals surface area contributed by atoms with E-state index in [0.717, 1.165) is 12.8 Å². The fraction of sp³-hybridized carbons (Fsp3) is 0.562. The average molecular weight is 298 g/mol. The van der Waals surface area contributed by atoms with Gasteiger partial charge in [-0.3, -0.25) is 0 Å². The van der Waals surface area contributed by atoms with Gasteiger partial charge in [-0.05, 0) is 24.6 Å². The summed E-state index contributed by atoms with van der Waals surface area (Å²) >= 11 is 5.85. The Morgan fingerprint density at radius 1 is 1.10 bits per heavy atom. The SMILES string of the molecule is CCCCCCCCCOC(=O)c1cc(N)cc(Cl)c1. The third-order valence-electron chi connectivity index (χ3n) is 3.14. The van der Waals surface area contributed by atoms with Gasteiger partial charge in [0.2, 0.25) is 0 Å². The van der Waals surface area contributed by atoms with Gasteiger partial charge in [0.25, 0.3) is 0 Å². The molecule has 0 aliphatic rings. The van der Waals surface area contributed by atoms with Gasteiger partial charge >= 0.3 is 5.97 Å². The quantitative estimate of drug-likeness (QED) is 0.403. The van der Waals surface area contributed by atoms with Gasteiger partial charge in [-0.15, -0.1) is 0 Å². The van der Waals surface area contributed by atoms with Crippen molar-refractivity contribution in [2.75, 3.05) is 12.3 Å². The first-order chi connectivity index (χ1) is 9.63. The monoisotopic (exact) mass is 297 g/mol. The summed E-state index contributed by atoms with van der Waals surface area (Å²) in [6.45, 7) is 2.67. The number of hydrogen-bond donors (Lipinski definition) is 1. The van der Waals surface area contributed by atoms with Crippen molar-refractivity contribution in [3.63, 3.8) is 0 Å². The van der Waals surface area contributed by atoms with E-state index < -0.39 is 0 Å². The minimum Gasteiger partial charge on any atom is -0.462 e. The highest BCUT2D eigenvalue weighted by Gasteiger charge is 2.08. The molecule has 0 unspecified atom stereocenters. The van der Waals surface area contributed by atoms with Crippen molar-refractivity contribution in [2.45, 2.75) is 51.9 Å². The van der Waals surface area contributed by atoms with Gasteiger partial charge in [0.05, 0.1) is 12.2 Å². The molecule has 1 rings (SSSR count). The van der Waals surface area contributed by atoms with Crippen LogP contribution in [0.4, 0.5) is 5.69 Å². The van der Waals surface area contributed by atoms with Gasteiger partial charge in [-0.1, -0.05) is 57.0 Å². The van der Waals surface area contributed by atoms with Crippen molar-refractivity contribution < 1.29 is 9.53 Å². The number of esters is 1. The van der Waals surface area contributed by atoms with Crippen molar-refractivity contribution in [2.24, 2.45) is 0 Å². The molecule has 0 bridgehead atoms. The molecule has 4 heteroatoms. The Bertz CT molecular complexity index is 401. The van der Waals surface area contributed by atoms with Crippen LogP contribution in [0.25, 0.3) is 0 Å². The van der Waals surface area contributed by atoms with Gasteiger partial charge in [0.1, 0.15) is 0 Å². The summed E-state index contributed by atoms with van der Waals surface area (Å²) in [6, 6.07) is 4.76. The lowest BCUT2D eigenvalue weighted by Crippen LogP contribution is -2.07. The molecule has 1 aromatic carbocycles. The number of carbonyl (C=O) groups excluding carboxylic acids is 1. The molecule has 0 saturated carbocycles. The fourth-order valence-corrected chi connectivity index (χ4v) is 2.28. The van der Waals surface area contributed by atoms with E-state index in [1.54, 1.807) is 18.2 Å². The van der Waals surface area contributed by atoms with Crippen LogP contribution in [-0.4, -0.2) is 12.6 Å². The minimum absolute atomic E-state index is 0.356. The predicted octanol–water partition coefficient (Wildman–Crippen LogP) is 4.83. The highest BCUT2D eigenvalue weighted by atomic mass is 35.5. The largest absolute Gasteiger partial charge is 0.462 e. The molecule has 0 aliphatic heterocycles. The summed E-state index contributed by atoms with van der Waals surface area (Å²) in [4.78, 5) is 11.8. The molecule has 112 valence electrons. The van der Waals surface area contributed by atoms with Crippen LogP contribution in [0.15, 0.2) is 18.2 Å². The van der Waals surface area contributed by atoms with E-state index in [1.165, 1.54) is 32.1 Å². The number of hydrogen-bond acceptors (Lipinski definition) is 3. The molecule has 0 spiro atoms. The first kappa shape index (κ1) is 16.8. The smallest absolute Gasteiger partial charge is 0.338 e. The standard InChI is InChI=1S/C16H24ClNO2/c1-2-3-4-5-6-7-8-9-20-16(19)13-10-14(17)12-15(18)11-13/h10-12H,2-9,18H2,1H3. The third-order valence-corrected chi connectivity index (χ3v) is 3.36. The lowest BCUT2D eigenvalue weighted by molar-refractivity contribution is 0.0497. The normalized spacial score (nSPS) is 10.5. The molecule has 2 N–H and O–H groups in total. The number of ether oxygens (including phenoxy) is 1. The van der Waals surface area contributed by atoms with Gasteiger partial charge < -0.3 is 10.5 Å². The van der Waals surface area contributed by atoms with Gasteiger partial charge in [0.15, 0.2) is 0 Å². The minimum atomic E-state index is -0.356. The summed E-state index contributed by atoms with van der Waals surface area (Å²) in [6.07, 6.45) is 8.38. The van der Waals surface area contributed by atoms with E-state index in [-0.39, 0.29) is 5.97 Å². The Kier molecular flexibility index (Phi) is 8.12. The molecular formula is C16H24ClNO2. The first-order valence-corrected chi connectivity index (χ1v) is 7.74. The third kappa shape index (κ3) is 6.80. The molecule has 3 nitrogen and oxygen atoms in total. The Hall–Kier alpha value is -1.22. The Morgan fingerprint density at radius 3 is 2.40 bits per heavy atom. The van der Waals surface area contributed by atoms with Crippen molar-refractivity contribution in [1.29, 1.82) is 0 Å².